The minimum absolute atomic E-state index is 0.0611. The van der Waals surface area contributed by atoms with Crippen molar-refractivity contribution in [2.75, 3.05) is 24.7 Å². The Bertz CT molecular complexity index is 987. The Morgan fingerprint density at radius 2 is 1.86 bits per heavy atom. The van der Waals surface area contributed by atoms with Crippen molar-refractivity contribution in [2.45, 2.75) is 19.8 Å². The van der Waals surface area contributed by atoms with E-state index in [1.54, 1.807) is 5.41 Å². The van der Waals surface area contributed by atoms with Crippen molar-refractivity contribution in [3.8, 4) is 11.5 Å². The summed E-state index contributed by atoms with van der Waals surface area (Å²) in [7, 11) is 4.01. The third-order valence-electron chi connectivity index (χ3n) is 4.30. The number of rotatable bonds is 9. The number of carboxylic acids is 1. The predicted octanol–water partition coefficient (Wildman–Crippen LogP) is 4.77. The third-order valence-corrected chi connectivity index (χ3v) is 5.10. The van der Waals surface area contributed by atoms with E-state index in [2.05, 4.69) is 4.98 Å². The first-order valence-electron chi connectivity index (χ1n) is 9.22. The number of hydrogen-bond acceptors (Lipinski definition) is 6. The molecule has 0 atom stereocenters. The van der Waals surface area contributed by atoms with Crippen LogP contribution in [0.25, 0.3) is 11.5 Å². The van der Waals surface area contributed by atoms with Crippen molar-refractivity contribution in [2.24, 2.45) is 0 Å². The number of thioether (sulfide) groups is 1. The van der Waals surface area contributed by atoms with E-state index in [4.69, 9.17) is 13.9 Å². The molecular weight excluding hydrogens is 388 g/mol. The monoisotopic (exact) mass is 412 g/mol. The second-order valence-electron chi connectivity index (χ2n) is 6.79. The SMILES string of the molecule is Cc1oc(-c2ccc(N(C)C)cc2)nc1Cc1ccc(CC=CSCC(=O)O)o1. The minimum Gasteiger partial charge on any atom is -0.481 e. The first kappa shape index (κ1) is 20.8. The van der Waals surface area contributed by atoms with E-state index in [1.165, 1.54) is 11.8 Å². The van der Waals surface area contributed by atoms with Gasteiger partial charge in [-0.3, -0.25) is 4.79 Å². The van der Waals surface area contributed by atoms with E-state index in [9.17, 15) is 4.79 Å². The highest BCUT2D eigenvalue weighted by Crippen LogP contribution is 2.25. The van der Waals surface area contributed by atoms with Gasteiger partial charge in [-0.2, -0.15) is 0 Å². The van der Waals surface area contributed by atoms with E-state index in [0.29, 0.717) is 18.7 Å². The van der Waals surface area contributed by atoms with Gasteiger partial charge in [0.15, 0.2) is 0 Å². The summed E-state index contributed by atoms with van der Waals surface area (Å²) in [5.41, 5.74) is 2.91. The van der Waals surface area contributed by atoms with Gasteiger partial charge < -0.3 is 18.8 Å². The summed E-state index contributed by atoms with van der Waals surface area (Å²) in [6.07, 6.45) is 3.07. The highest BCUT2D eigenvalue weighted by Gasteiger charge is 2.14. The van der Waals surface area contributed by atoms with Crippen LogP contribution in [-0.2, 0) is 17.6 Å². The van der Waals surface area contributed by atoms with Crippen molar-refractivity contribution < 1.29 is 18.7 Å². The maximum atomic E-state index is 10.5. The number of nitrogens with zero attached hydrogens (tertiary/aromatic N) is 2. The van der Waals surface area contributed by atoms with Crippen LogP contribution in [0.4, 0.5) is 5.69 Å². The molecule has 3 rings (SSSR count). The summed E-state index contributed by atoms with van der Waals surface area (Å²) in [5, 5.41) is 10.4. The smallest absolute Gasteiger partial charge is 0.313 e. The number of allylic oxidation sites excluding steroid dienone is 1. The molecule has 0 spiro atoms. The zero-order valence-corrected chi connectivity index (χ0v) is 17.5. The van der Waals surface area contributed by atoms with Crippen molar-refractivity contribution in [3.63, 3.8) is 0 Å². The minimum atomic E-state index is -0.823. The second kappa shape index (κ2) is 9.52. The molecule has 0 fully saturated rings. The summed E-state index contributed by atoms with van der Waals surface area (Å²) < 4.78 is 11.7. The highest BCUT2D eigenvalue weighted by molar-refractivity contribution is 8.02. The summed E-state index contributed by atoms with van der Waals surface area (Å²) in [4.78, 5) is 17.2. The zero-order valence-electron chi connectivity index (χ0n) is 16.7. The van der Waals surface area contributed by atoms with Crippen LogP contribution < -0.4 is 4.90 Å². The molecule has 0 aliphatic rings. The number of carboxylic acid groups (broad SMARTS) is 1. The maximum absolute atomic E-state index is 10.5. The fourth-order valence-electron chi connectivity index (χ4n) is 2.76. The number of aryl methyl sites for hydroxylation is 1. The Balaban J connectivity index is 1.62. The fourth-order valence-corrected chi connectivity index (χ4v) is 3.23. The number of hydrogen-bond donors (Lipinski definition) is 1. The molecule has 0 saturated heterocycles. The van der Waals surface area contributed by atoms with E-state index in [1.807, 2.05) is 68.4 Å². The molecule has 2 heterocycles. The van der Waals surface area contributed by atoms with Crippen LogP contribution in [-0.4, -0.2) is 35.9 Å². The molecule has 1 aromatic carbocycles. The van der Waals surface area contributed by atoms with Crippen molar-refractivity contribution in [3.05, 3.63) is 70.9 Å². The van der Waals surface area contributed by atoms with Crippen molar-refractivity contribution in [1.29, 1.82) is 0 Å². The quantitative estimate of drug-likeness (QED) is 0.542. The lowest BCUT2D eigenvalue weighted by Gasteiger charge is -2.11. The van der Waals surface area contributed by atoms with Crippen LogP contribution in [0, 0.1) is 6.92 Å². The van der Waals surface area contributed by atoms with Gasteiger partial charge in [-0.05, 0) is 48.7 Å². The van der Waals surface area contributed by atoms with Crippen LogP contribution in [0.1, 0.15) is 23.0 Å². The summed E-state index contributed by atoms with van der Waals surface area (Å²) >= 11 is 1.25. The van der Waals surface area contributed by atoms with Gasteiger partial charge in [0.05, 0.1) is 17.9 Å². The third kappa shape index (κ3) is 5.77. The average molecular weight is 413 g/mol. The fraction of sp³-hybridized carbons (Fsp3) is 0.273. The molecule has 152 valence electrons. The Labute approximate surface area is 174 Å². The molecule has 1 N–H and O–H groups in total. The molecular formula is C22H24N2O4S. The second-order valence-corrected chi connectivity index (χ2v) is 7.68. The lowest BCUT2D eigenvalue weighted by molar-refractivity contribution is -0.133. The van der Waals surface area contributed by atoms with Crippen molar-refractivity contribution in [1.82, 2.24) is 4.98 Å². The Kier molecular flexibility index (Phi) is 6.82. The number of anilines is 1. The lowest BCUT2D eigenvalue weighted by Crippen LogP contribution is -2.07. The van der Waals surface area contributed by atoms with E-state index in [0.717, 1.165) is 34.2 Å². The number of benzene rings is 1. The maximum Gasteiger partial charge on any atom is 0.313 e. The first-order chi connectivity index (χ1) is 13.9. The highest BCUT2D eigenvalue weighted by atomic mass is 32.2. The van der Waals surface area contributed by atoms with Crippen LogP contribution in [0.15, 0.2) is 56.7 Å². The molecule has 0 bridgehead atoms. The Hall–Kier alpha value is -2.93. The topological polar surface area (TPSA) is 79.7 Å². The lowest BCUT2D eigenvalue weighted by atomic mass is 10.2. The average Bonchev–Trinajstić information content (AvgIpc) is 3.28. The zero-order chi connectivity index (χ0) is 20.8. The normalized spacial score (nSPS) is 11.3. The van der Waals surface area contributed by atoms with Gasteiger partial charge in [0, 0.05) is 31.8 Å². The van der Waals surface area contributed by atoms with Gasteiger partial charge >= 0.3 is 5.97 Å². The summed E-state index contributed by atoms with van der Waals surface area (Å²) in [6.45, 7) is 1.91. The number of aliphatic carboxylic acids is 1. The standard InChI is InChI=1S/C22H24N2O4S/c1-15-20(23-22(27-15)16-6-8-17(9-7-16)24(2)3)13-19-11-10-18(28-19)5-4-12-29-14-21(25)26/h4,6-12H,5,13-14H2,1-3H3,(H,25,26). The molecule has 0 radical (unpaired) electrons. The summed E-state index contributed by atoms with van der Waals surface area (Å²) in [6, 6.07) is 11.9. The molecule has 0 aliphatic heterocycles. The molecule has 2 aromatic heterocycles. The van der Waals surface area contributed by atoms with Crippen LogP contribution in [0.3, 0.4) is 0 Å². The Morgan fingerprint density at radius 3 is 2.55 bits per heavy atom. The Morgan fingerprint density at radius 1 is 1.14 bits per heavy atom. The molecule has 0 saturated carbocycles. The molecule has 7 heteroatoms. The largest absolute Gasteiger partial charge is 0.481 e. The molecule has 3 aromatic rings. The van der Waals surface area contributed by atoms with Gasteiger partial charge in [-0.25, -0.2) is 4.98 Å². The first-order valence-corrected chi connectivity index (χ1v) is 10.3. The predicted molar refractivity (Wildman–Crippen MR) is 115 cm³/mol. The van der Waals surface area contributed by atoms with Gasteiger partial charge in [-0.1, -0.05) is 6.08 Å². The number of aromatic nitrogens is 1. The van der Waals surface area contributed by atoms with Crippen LogP contribution in [0.5, 0.6) is 0 Å². The molecule has 29 heavy (non-hydrogen) atoms. The van der Waals surface area contributed by atoms with Crippen molar-refractivity contribution >= 4 is 23.4 Å². The molecule has 0 aliphatic carbocycles. The van der Waals surface area contributed by atoms with Gasteiger partial charge in [0.25, 0.3) is 0 Å². The number of furan rings is 1. The summed E-state index contributed by atoms with van der Waals surface area (Å²) in [5.74, 6) is 2.26. The number of oxazole rings is 1. The van der Waals surface area contributed by atoms with Gasteiger partial charge in [0.1, 0.15) is 17.3 Å². The van der Waals surface area contributed by atoms with Gasteiger partial charge in [-0.15, -0.1) is 11.8 Å². The van der Waals surface area contributed by atoms with Crippen LogP contribution in [0.2, 0.25) is 0 Å². The van der Waals surface area contributed by atoms with E-state index >= 15 is 0 Å². The van der Waals surface area contributed by atoms with E-state index in [-0.39, 0.29) is 5.75 Å². The van der Waals surface area contributed by atoms with E-state index < -0.39 is 5.97 Å². The molecule has 0 amide bonds. The number of carbonyl (C=O) groups is 1. The molecule has 6 nitrogen and oxygen atoms in total. The van der Waals surface area contributed by atoms with Gasteiger partial charge in [0.2, 0.25) is 5.89 Å². The van der Waals surface area contributed by atoms with Crippen LogP contribution >= 0.6 is 11.8 Å². The molecule has 0 unspecified atom stereocenters.